The summed E-state index contributed by atoms with van der Waals surface area (Å²) in [6.45, 7) is 3.88. The summed E-state index contributed by atoms with van der Waals surface area (Å²) in [5, 5.41) is 12.5. The SMILES string of the molecule is CCC(C)(O)CNC(=O)C1(N)CCCC1. The molecule has 0 spiro atoms. The van der Waals surface area contributed by atoms with Gasteiger partial charge in [-0.15, -0.1) is 0 Å². The highest BCUT2D eigenvalue weighted by molar-refractivity contribution is 5.86. The van der Waals surface area contributed by atoms with Gasteiger partial charge >= 0.3 is 0 Å². The van der Waals surface area contributed by atoms with Gasteiger partial charge in [0.2, 0.25) is 5.91 Å². The Hall–Kier alpha value is -0.610. The van der Waals surface area contributed by atoms with Crippen molar-refractivity contribution in [3.05, 3.63) is 0 Å². The zero-order valence-corrected chi connectivity index (χ0v) is 9.68. The highest BCUT2D eigenvalue weighted by Gasteiger charge is 2.37. The van der Waals surface area contributed by atoms with Crippen LogP contribution in [0.5, 0.6) is 0 Å². The van der Waals surface area contributed by atoms with E-state index in [9.17, 15) is 9.90 Å². The first-order valence-electron chi connectivity index (χ1n) is 5.69. The average molecular weight is 214 g/mol. The zero-order chi connectivity index (χ0) is 11.5. The maximum atomic E-state index is 11.8. The first kappa shape index (κ1) is 12.5. The molecule has 0 aromatic carbocycles. The Morgan fingerprint density at radius 1 is 1.53 bits per heavy atom. The summed E-state index contributed by atoms with van der Waals surface area (Å²) in [7, 11) is 0. The number of hydrogen-bond donors (Lipinski definition) is 3. The Morgan fingerprint density at radius 2 is 2.07 bits per heavy atom. The molecule has 4 nitrogen and oxygen atoms in total. The van der Waals surface area contributed by atoms with Gasteiger partial charge in [0.05, 0.1) is 11.1 Å². The van der Waals surface area contributed by atoms with Crippen LogP contribution in [0.15, 0.2) is 0 Å². The summed E-state index contributed by atoms with van der Waals surface area (Å²) in [4.78, 5) is 11.8. The first-order chi connectivity index (χ1) is 6.90. The van der Waals surface area contributed by atoms with E-state index in [-0.39, 0.29) is 12.5 Å². The number of carbonyl (C=O) groups is 1. The van der Waals surface area contributed by atoms with Gasteiger partial charge in [0, 0.05) is 6.54 Å². The molecule has 1 aliphatic carbocycles. The van der Waals surface area contributed by atoms with Crippen LogP contribution < -0.4 is 11.1 Å². The van der Waals surface area contributed by atoms with Crippen LogP contribution in [0.25, 0.3) is 0 Å². The number of aliphatic hydroxyl groups is 1. The number of nitrogens with two attached hydrogens (primary N) is 1. The quantitative estimate of drug-likeness (QED) is 0.639. The minimum absolute atomic E-state index is 0.117. The van der Waals surface area contributed by atoms with Crippen molar-refractivity contribution in [2.75, 3.05) is 6.54 Å². The fourth-order valence-electron chi connectivity index (χ4n) is 1.80. The molecular formula is C11H22N2O2. The van der Waals surface area contributed by atoms with Gasteiger partial charge < -0.3 is 16.2 Å². The second-order valence-corrected chi connectivity index (χ2v) is 4.90. The van der Waals surface area contributed by atoms with E-state index in [1.54, 1.807) is 6.92 Å². The molecule has 0 aliphatic heterocycles. The number of carbonyl (C=O) groups excluding carboxylic acids is 1. The molecule has 1 amide bonds. The molecule has 1 atom stereocenters. The Labute approximate surface area is 91.2 Å². The normalized spacial score (nSPS) is 23.5. The third-order valence-corrected chi connectivity index (χ3v) is 3.34. The number of rotatable bonds is 4. The molecule has 0 aromatic rings. The summed E-state index contributed by atoms with van der Waals surface area (Å²) in [5.74, 6) is -0.117. The topological polar surface area (TPSA) is 75.3 Å². The monoisotopic (exact) mass is 214 g/mol. The van der Waals surface area contributed by atoms with Crippen molar-refractivity contribution >= 4 is 5.91 Å². The molecule has 1 unspecified atom stereocenters. The van der Waals surface area contributed by atoms with Crippen molar-refractivity contribution in [2.24, 2.45) is 5.73 Å². The summed E-state index contributed by atoms with van der Waals surface area (Å²) in [5.41, 5.74) is 4.46. The maximum absolute atomic E-state index is 11.8. The van der Waals surface area contributed by atoms with Crippen LogP contribution in [0.3, 0.4) is 0 Å². The minimum Gasteiger partial charge on any atom is -0.388 e. The minimum atomic E-state index is -0.829. The maximum Gasteiger partial charge on any atom is 0.240 e. The van der Waals surface area contributed by atoms with Gasteiger partial charge in [0.1, 0.15) is 0 Å². The van der Waals surface area contributed by atoms with Gasteiger partial charge in [-0.05, 0) is 26.2 Å². The van der Waals surface area contributed by atoms with Crippen LogP contribution in [0.1, 0.15) is 46.0 Å². The Kier molecular flexibility index (Phi) is 3.73. The van der Waals surface area contributed by atoms with Crippen molar-refractivity contribution in [3.63, 3.8) is 0 Å². The second kappa shape index (κ2) is 4.49. The van der Waals surface area contributed by atoms with Gasteiger partial charge in [-0.25, -0.2) is 0 Å². The van der Waals surface area contributed by atoms with E-state index < -0.39 is 11.1 Å². The molecule has 0 bridgehead atoms. The molecular weight excluding hydrogens is 192 g/mol. The lowest BCUT2D eigenvalue weighted by atomic mass is 9.97. The number of amides is 1. The molecule has 1 saturated carbocycles. The fourth-order valence-corrected chi connectivity index (χ4v) is 1.80. The molecule has 0 heterocycles. The van der Waals surface area contributed by atoms with E-state index in [2.05, 4.69) is 5.32 Å². The molecule has 4 N–H and O–H groups in total. The zero-order valence-electron chi connectivity index (χ0n) is 9.68. The van der Waals surface area contributed by atoms with E-state index in [4.69, 9.17) is 5.73 Å². The van der Waals surface area contributed by atoms with Gasteiger partial charge in [0.15, 0.2) is 0 Å². The molecule has 15 heavy (non-hydrogen) atoms. The molecule has 1 fully saturated rings. The van der Waals surface area contributed by atoms with E-state index >= 15 is 0 Å². The highest BCUT2D eigenvalue weighted by atomic mass is 16.3. The standard InChI is InChI=1S/C11H22N2O2/c1-3-10(2,15)8-13-9(14)11(12)6-4-5-7-11/h15H,3-8,12H2,1-2H3,(H,13,14). The van der Waals surface area contributed by atoms with Crippen LogP contribution >= 0.6 is 0 Å². The predicted octanol–water partition coefficient (Wildman–Crippen LogP) is 0.535. The van der Waals surface area contributed by atoms with Crippen molar-refractivity contribution in [1.29, 1.82) is 0 Å². The van der Waals surface area contributed by atoms with Crippen molar-refractivity contribution in [1.82, 2.24) is 5.32 Å². The van der Waals surface area contributed by atoms with E-state index in [0.29, 0.717) is 6.42 Å². The third-order valence-electron chi connectivity index (χ3n) is 3.34. The van der Waals surface area contributed by atoms with Crippen LogP contribution in [0.2, 0.25) is 0 Å². The van der Waals surface area contributed by atoms with Gasteiger partial charge in [-0.3, -0.25) is 4.79 Å². The second-order valence-electron chi connectivity index (χ2n) is 4.90. The Balaban J connectivity index is 2.42. The number of nitrogens with one attached hydrogen (secondary N) is 1. The lowest BCUT2D eigenvalue weighted by molar-refractivity contribution is -0.127. The smallest absolute Gasteiger partial charge is 0.240 e. The lowest BCUT2D eigenvalue weighted by Gasteiger charge is -2.26. The van der Waals surface area contributed by atoms with Crippen molar-refractivity contribution in [2.45, 2.75) is 57.1 Å². The summed E-state index contributed by atoms with van der Waals surface area (Å²) >= 11 is 0. The molecule has 0 saturated heterocycles. The van der Waals surface area contributed by atoms with Gasteiger partial charge in [-0.1, -0.05) is 19.8 Å². The van der Waals surface area contributed by atoms with Crippen LogP contribution in [0.4, 0.5) is 0 Å². The molecule has 0 radical (unpaired) electrons. The Bertz CT molecular complexity index is 233. The van der Waals surface area contributed by atoms with Gasteiger partial charge in [0.25, 0.3) is 0 Å². The third kappa shape index (κ3) is 3.18. The summed E-state index contributed by atoms with van der Waals surface area (Å²) in [6.07, 6.45) is 4.17. The van der Waals surface area contributed by atoms with Gasteiger partial charge in [-0.2, -0.15) is 0 Å². The fraction of sp³-hybridized carbons (Fsp3) is 0.909. The van der Waals surface area contributed by atoms with Crippen LogP contribution in [-0.4, -0.2) is 28.7 Å². The largest absolute Gasteiger partial charge is 0.388 e. The first-order valence-corrected chi connectivity index (χ1v) is 5.69. The van der Waals surface area contributed by atoms with E-state index in [0.717, 1.165) is 25.7 Å². The number of hydrogen-bond acceptors (Lipinski definition) is 3. The molecule has 4 heteroatoms. The van der Waals surface area contributed by atoms with Crippen molar-refractivity contribution in [3.8, 4) is 0 Å². The highest BCUT2D eigenvalue weighted by Crippen LogP contribution is 2.27. The Morgan fingerprint density at radius 3 is 2.53 bits per heavy atom. The van der Waals surface area contributed by atoms with Crippen LogP contribution in [-0.2, 0) is 4.79 Å². The van der Waals surface area contributed by atoms with Crippen LogP contribution in [0, 0.1) is 0 Å². The molecule has 1 aliphatic rings. The van der Waals surface area contributed by atoms with E-state index in [1.165, 1.54) is 0 Å². The summed E-state index contributed by atoms with van der Waals surface area (Å²) in [6, 6.07) is 0. The summed E-state index contributed by atoms with van der Waals surface area (Å²) < 4.78 is 0. The van der Waals surface area contributed by atoms with E-state index in [1.807, 2.05) is 6.92 Å². The predicted molar refractivity (Wildman–Crippen MR) is 59.3 cm³/mol. The van der Waals surface area contributed by atoms with Crippen molar-refractivity contribution < 1.29 is 9.90 Å². The lowest BCUT2D eigenvalue weighted by Crippen LogP contribution is -2.54. The average Bonchev–Trinajstić information content (AvgIpc) is 2.63. The molecule has 0 aromatic heterocycles. The molecule has 88 valence electrons. The molecule has 1 rings (SSSR count).